The molecule has 5 aliphatic carbocycles. The molecule has 1 atom stereocenters. The molecule has 0 amide bonds. The van der Waals surface area contributed by atoms with Crippen LogP contribution in [0.25, 0.3) is 11.3 Å². The first-order valence-electron chi connectivity index (χ1n) is 9.72. The molecule has 0 fully saturated rings. The summed E-state index contributed by atoms with van der Waals surface area (Å²) in [4.78, 5) is 0. The standard InChI is InChI=1S/C24H22N2S/c1-2-4-20-12-6-18-9-15-22(16-10-18)24-23(25-27-26-24)21-13-7-17(8-14-21)5-11-19(20)3-1/h1-4,7-10,13-15,22H,5-6,11-12,16H2. The molecule has 1 heterocycles. The Bertz CT molecular complexity index is 1010. The maximum atomic E-state index is 4.64. The van der Waals surface area contributed by atoms with E-state index in [1.165, 1.54) is 39.6 Å². The second kappa shape index (κ2) is 7.24. The molecule has 0 aliphatic heterocycles. The van der Waals surface area contributed by atoms with Crippen LogP contribution in [0.2, 0.25) is 0 Å². The van der Waals surface area contributed by atoms with Gasteiger partial charge in [0.1, 0.15) is 5.69 Å². The van der Waals surface area contributed by atoms with Crippen molar-refractivity contribution in [3.8, 4) is 11.3 Å². The molecule has 4 bridgehead atoms. The number of benzene rings is 2. The van der Waals surface area contributed by atoms with Crippen molar-refractivity contribution in [1.29, 1.82) is 0 Å². The molecule has 1 unspecified atom stereocenters. The molecule has 134 valence electrons. The number of aryl methyl sites for hydroxylation is 3. The zero-order valence-corrected chi connectivity index (χ0v) is 16.1. The van der Waals surface area contributed by atoms with E-state index in [1.54, 1.807) is 0 Å². The highest BCUT2D eigenvalue weighted by atomic mass is 32.1. The summed E-state index contributed by atoms with van der Waals surface area (Å²) in [6, 6.07) is 17.8. The van der Waals surface area contributed by atoms with Crippen LogP contribution in [0.5, 0.6) is 0 Å². The van der Waals surface area contributed by atoms with Crippen molar-refractivity contribution < 1.29 is 0 Å². The van der Waals surface area contributed by atoms with Crippen molar-refractivity contribution in [1.82, 2.24) is 8.75 Å². The summed E-state index contributed by atoms with van der Waals surface area (Å²) in [7, 11) is 0. The lowest BCUT2D eigenvalue weighted by Gasteiger charge is -2.17. The highest BCUT2D eigenvalue weighted by Gasteiger charge is 2.20. The number of nitrogens with zero attached hydrogens (tertiary/aromatic N) is 2. The van der Waals surface area contributed by atoms with Gasteiger partial charge in [0.15, 0.2) is 0 Å². The summed E-state index contributed by atoms with van der Waals surface area (Å²) in [6.07, 6.45) is 12.4. The maximum Gasteiger partial charge on any atom is 0.108 e. The minimum atomic E-state index is 0.336. The largest absolute Gasteiger partial charge is 0.177 e. The van der Waals surface area contributed by atoms with Gasteiger partial charge in [-0.2, -0.15) is 8.75 Å². The zero-order chi connectivity index (χ0) is 18.1. The summed E-state index contributed by atoms with van der Waals surface area (Å²) in [5.74, 6) is 0.336. The Morgan fingerprint density at radius 3 is 2.33 bits per heavy atom. The van der Waals surface area contributed by atoms with Crippen LogP contribution >= 0.6 is 11.7 Å². The van der Waals surface area contributed by atoms with Gasteiger partial charge in [-0.3, -0.25) is 0 Å². The van der Waals surface area contributed by atoms with Gasteiger partial charge in [-0.25, -0.2) is 0 Å². The molecule has 2 aromatic carbocycles. The van der Waals surface area contributed by atoms with E-state index in [0.29, 0.717) is 5.92 Å². The van der Waals surface area contributed by atoms with Crippen molar-refractivity contribution in [2.45, 2.75) is 38.0 Å². The molecule has 27 heavy (non-hydrogen) atoms. The van der Waals surface area contributed by atoms with Gasteiger partial charge in [-0.15, -0.1) is 0 Å². The Balaban J connectivity index is 1.55. The highest BCUT2D eigenvalue weighted by molar-refractivity contribution is 6.99. The Labute approximate surface area is 164 Å². The van der Waals surface area contributed by atoms with E-state index in [4.69, 9.17) is 0 Å². The Morgan fingerprint density at radius 2 is 1.59 bits per heavy atom. The van der Waals surface area contributed by atoms with E-state index in [9.17, 15) is 0 Å². The van der Waals surface area contributed by atoms with Gasteiger partial charge in [-0.05, 0) is 48.8 Å². The molecule has 0 saturated carbocycles. The van der Waals surface area contributed by atoms with Crippen LogP contribution in [0, 0.1) is 0 Å². The lowest BCUT2D eigenvalue weighted by molar-refractivity contribution is 0.805. The fourth-order valence-corrected chi connectivity index (χ4v) is 4.76. The monoisotopic (exact) mass is 370 g/mol. The summed E-state index contributed by atoms with van der Waals surface area (Å²) >= 11 is 1.33. The van der Waals surface area contributed by atoms with E-state index in [-0.39, 0.29) is 0 Å². The van der Waals surface area contributed by atoms with Crippen molar-refractivity contribution in [2.75, 3.05) is 0 Å². The fourth-order valence-electron chi connectivity index (χ4n) is 4.12. The van der Waals surface area contributed by atoms with Crippen LogP contribution < -0.4 is 0 Å². The number of rotatable bonds is 0. The van der Waals surface area contributed by atoms with E-state index in [1.807, 2.05) is 0 Å². The minimum absolute atomic E-state index is 0.336. The molecule has 0 radical (unpaired) electrons. The number of allylic oxidation sites excluding steroid dienone is 4. The molecular formula is C24H22N2S. The summed E-state index contributed by atoms with van der Waals surface area (Å²) in [6.45, 7) is 0. The summed E-state index contributed by atoms with van der Waals surface area (Å²) in [5.41, 5.74) is 9.16. The van der Waals surface area contributed by atoms with Gasteiger partial charge in [-0.1, -0.05) is 72.3 Å². The lowest BCUT2D eigenvalue weighted by atomic mass is 9.88. The van der Waals surface area contributed by atoms with Crippen molar-refractivity contribution >= 4 is 11.7 Å². The zero-order valence-electron chi connectivity index (χ0n) is 15.3. The minimum Gasteiger partial charge on any atom is -0.177 e. The first-order chi connectivity index (χ1) is 13.4. The maximum absolute atomic E-state index is 4.64. The van der Waals surface area contributed by atoms with Gasteiger partial charge in [0.05, 0.1) is 17.4 Å². The summed E-state index contributed by atoms with van der Waals surface area (Å²) in [5, 5.41) is 0. The van der Waals surface area contributed by atoms with Crippen LogP contribution in [-0.2, 0) is 19.3 Å². The van der Waals surface area contributed by atoms with Crippen LogP contribution in [0.1, 0.15) is 41.1 Å². The molecule has 3 heteroatoms. The van der Waals surface area contributed by atoms with Gasteiger partial charge >= 0.3 is 0 Å². The average molecular weight is 371 g/mol. The molecule has 1 aromatic heterocycles. The fraction of sp³-hybridized carbons (Fsp3) is 0.250. The third kappa shape index (κ3) is 3.40. The Kier molecular flexibility index (Phi) is 4.46. The van der Waals surface area contributed by atoms with E-state index >= 15 is 0 Å². The molecule has 0 saturated heterocycles. The topological polar surface area (TPSA) is 25.8 Å². The van der Waals surface area contributed by atoms with Crippen molar-refractivity contribution in [3.63, 3.8) is 0 Å². The van der Waals surface area contributed by atoms with E-state index in [0.717, 1.165) is 43.5 Å². The third-order valence-corrected chi connectivity index (χ3v) is 6.30. The van der Waals surface area contributed by atoms with Gasteiger partial charge in [0, 0.05) is 11.5 Å². The molecule has 5 aliphatic rings. The van der Waals surface area contributed by atoms with Gasteiger partial charge < -0.3 is 0 Å². The quantitative estimate of drug-likeness (QED) is 0.492. The smallest absolute Gasteiger partial charge is 0.108 e. The second-order valence-corrected chi connectivity index (χ2v) is 7.97. The normalized spacial score (nSPS) is 18.8. The van der Waals surface area contributed by atoms with E-state index in [2.05, 4.69) is 75.5 Å². The molecule has 0 spiro atoms. The Hall–Kier alpha value is -2.52. The van der Waals surface area contributed by atoms with Crippen molar-refractivity contribution in [2.24, 2.45) is 0 Å². The molecular weight excluding hydrogens is 348 g/mol. The predicted molar refractivity (Wildman–Crippen MR) is 112 cm³/mol. The third-order valence-electron chi connectivity index (χ3n) is 5.75. The molecule has 0 N–H and O–H groups in total. The number of hydrogen-bond donors (Lipinski definition) is 0. The summed E-state index contributed by atoms with van der Waals surface area (Å²) < 4.78 is 9.25. The van der Waals surface area contributed by atoms with Gasteiger partial charge in [0.2, 0.25) is 0 Å². The van der Waals surface area contributed by atoms with Crippen molar-refractivity contribution in [3.05, 3.63) is 94.7 Å². The highest BCUT2D eigenvalue weighted by Crippen LogP contribution is 2.34. The SMILES string of the molecule is C1=CC2CC=C1CCc1ccccc1CCc1ccc(cc1)-c1nsnc12. The first kappa shape index (κ1) is 16.6. The predicted octanol–water partition coefficient (Wildman–Crippen LogP) is 5.91. The number of aromatic nitrogens is 2. The van der Waals surface area contributed by atoms with Crippen LogP contribution in [0.3, 0.4) is 0 Å². The van der Waals surface area contributed by atoms with Crippen LogP contribution in [0.15, 0.2) is 72.3 Å². The molecule has 8 rings (SSSR count). The molecule has 3 aromatic rings. The van der Waals surface area contributed by atoms with Gasteiger partial charge in [0.25, 0.3) is 0 Å². The van der Waals surface area contributed by atoms with E-state index < -0.39 is 0 Å². The second-order valence-electron chi connectivity index (χ2n) is 7.44. The lowest BCUT2D eigenvalue weighted by Crippen LogP contribution is -2.03. The number of hydrogen-bond acceptors (Lipinski definition) is 3. The molecule has 2 nitrogen and oxygen atoms in total. The van der Waals surface area contributed by atoms with Crippen LogP contribution in [-0.4, -0.2) is 8.75 Å². The van der Waals surface area contributed by atoms with Crippen LogP contribution in [0.4, 0.5) is 0 Å². The average Bonchev–Trinajstić information content (AvgIpc) is 3.21. The first-order valence-corrected chi connectivity index (χ1v) is 10.5. The Morgan fingerprint density at radius 1 is 0.815 bits per heavy atom.